The minimum Gasteiger partial charge on any atom is -0.450 e. The van der Waals surface area contributed by atoms with E-state index >= 15 is 0 Å². The van der Waals surface area contributed by atoms with Gasteiger partial charge in [0.05, 0.1) is 4.47 Å². The van der Waals surface area contributed by atoms with E-state index in [1.165, 1.54) is 30.3 Å². The number of hydrogen-bond acceptors (Lipinski definition) is 3. The molecule has 7 heteroatoms. The zero-order valence-electron chi connectivity index (χ0n) is 10.4. The smallest absolute Gasteiger partial charge is 0.266 e. The number of nitrogens with zero attached hydrogens (tertiary/aromatic N) is 1. The zero-order valence-corrected chi connectivity index (χ0v) is 14.1. The number of carbonyl (C=O) groups excluding carboxylic acids is 1. The van der Waals surface area contributed by atoms with Gasteiger partial charge in [-0.1, -0.05) is 0 Å². The Morgan fingerprint density at radius 1 is 1.43 bits per heavy atom. The molecule has 106 valence electrons. The van der Waals surface area contributed by atoms with E-state index in [-0.39, 0.29) is 5.57 Å². The minimum atomic E-state index is -0.591. The molecule has 1 aromatic heterocycles. The Labute approximate surface area is 141 Å². The van der Waals surface area contributed by atoms with Gasteiger partial charge in [0.1, 0.15) is 23.2 Å². The van der Waals surface area contributed by atoms with E-state index in [1.807, 2.05) is 28.7 Å². The highest BCUT2D eigenvalue weighted by atomic mass is 127. The summed E-state index contributed by atoms with van der Waals surface area (Å²) >= 11 is 5.26. The molecule has 2 rings (SSSR count). The first-order valence-electron chi connectivity index (χ1n) is 5.63. The molecule has 1 amide bonds. The summed E-state index contributed by atoms with van der Waals surface area (Å²) in [5.74, 6) is -0.609. The van der Waals surface area contributed by atoms with Crippen LogP contribution in [0.3, 0.4) is 0 Å². The lowest BCUT2D eigenvalue weighted by Crippen LogP contribution is -2.13. The quantitative estimate of drug-likeness (QED) is 0.421. The van der Waals surface area contributed by atoms with Gasteiger partial charge in [0.25, 0.3) is 5.91 Å². The third kappa shape index (κ3) is 4.15. The standard InChI is InChI=1S/C14H7BrFIN2O2/c15-12-6-11(21-13(12)17)5-8(7-18)14(20)19-10-3-1-9(16)2-4-10/h1-6H,(H,19,20)/b8-5+. The molecule has 21 heavy (non-hydrogen) atoms. The second-order valence-corrected chi connectivity index (χ2v) is 5.74. The van der Waals surface area contributed by atoms with Gasteiger partial charge in [-0.25, -0.2) is 4.39 Å². The average Bonchev–Trinajstić information content (AvgIpc) is 2.77. The molecule has 0 saturated heterocycles. The highest BCUT2D eigenvalue weighted by Gasteiger charge is 2.12. The number of halogens is 3. The van der Waals surface area contributed by atoms with Crippen LogP contribution in [0.2, 0.25) is 0 Å². The Hall–Kier alpha value is -1.66. The van der Waals surface area contributed by atoms with Crippen LogP contribution >= 0.6 is 38.5 Å². The van der Waals surface area contributed by atoms with Crippen molar-refractivity contribution in [2.45, 2.75) is 0 Å². The van der Waals surface area contributed by atoms with Crippen molar-refractivity contribution >= 4 is 56.2 Å². The van der Waals surface area contributed by atoms with Crippen molar-refractivity contribution in [3.63, 3.8) is 0 Å². The monoisotopic (exact) mass is 460 g/mol. The molecule has 1 heterocycles. The second kappa shape index (κ2) is 6.87. The van der Waals surface area contributed by atoms with Crippen molar-refractivity contribution in [2.24, 2.45) is 0 Å². The van der Waals surface area contributed by atoms with Crippen LogP contribution in [-0.2, 0) is 4.79 Å². The third-order valence-corrected chi connectivity index (χ3v) is 4.55. The van der Waals surface area contributed by atoms with E-state index in [4.69, 9.17) is 9.68 Å². The summed E-state index contributed by atoms with van der Waals surface area (Å²) in [6.45, 7) is 0. The van der Waals surface area contributed by atoms with Crippen LogP contribution in [-0.4, -0.2) is 5.91 Å². The van der Waals surface area contributed by atoms with Crippen LogP contribution in [0.25, 0.3) is 6.08 Å². The molecule has 0 unspecified atom stereocenters. The van der Waals surface area contributed by atoms with Gasteiger partial charge in [0, 0.05) is 34.4 Å². The van der Waals surface area contributed by atoms with Crippen LogP contribution < -0.4 is 5.32 Å². The first kappa shape index (κ1) is 15.7. The summed E-state index contributed by atoms with van der Waals surface area (Å²) in [4.78, 5) is 12.0. The van der Waals surface area contributed by atoms with E-state index in [2.05, 4.69) is 21.2 Å². The fraction of sp³-hybridized carbons (Fsp3) is 0. The maximum atomic E-state index is 12.8. The zero-order chi connectivity index (χ0) is 15.4. The number of benzene rings is 1. The van der Waals surface area contributed by atoms with Gasteiger partial charge < -0.3 is 9.73 Å². The van der Waals surface area contributed by atoms with E-state index in [1.54, 1.807) is 6.07 Å². The van der Waals surface area contributed by atoms with E-state index in [0.29, 0.717) is 15.2 Å². The molecule has 1 N–H and O–H groups in total. The lowest BCUT2D eigenvalue weighted by molar-refractivity contribution is -0.112. The highest BCUT2D eigenvalue weighted by Crippen LogP contribution is 2.24. The maximum Gasteiger partial charge on any atom is 0.266 e. The molecule has 0 aliphatic heterocycles. The number of nitrogens with one attached hydrogen (secondary N) is 1. The molecule has 1 aromatic carbocycles. The van der Waals surface area contributed by atoms with Crippen LogP contribution in [0.1, 0.15) is 5.76 Å². The predicted molar refractivity (Wildman–Crippen MR) is 87.7 cm³/mol. The van der Waals surface area contributed by atoms with E-state index in [9.17, 15) is 9.18 Å². The molecule has 0 radical (unpaired) electrons. The Bertz CT molecular complexity index is 728. The van der Waals surface area contributed by atoms with Gasteiger partial charge in [-0.3, -0.25) is 4.79 Å². The summed E-state index contributed by atoms with van der Waals surface area (Å²) in [7, 11) is 0. The van der Waals surface area contributed by atoms with Gasteiger partial charge in [-0.15, -0.1) is 0 Å². The molecule has 0 spiro atoms. The second-order valence-electron chi connectivity index (χ2n) is 3.90. The van der Waals surface area contributed by atoms with Gasteiger partial charge in [-0.05, 0) is 46.3 Å². The molecule has 0 fully saturated rings. The highest BCUT2D eigenvalue weighted by molar-refractivity contribution is 14.1. The van der Waals surface area contributed by atoms with E-state index in [0.717, 1.165) is 4.47 Å². The molecule has 0 atom stereocenters. The molecular formula is C14H7BrFIN2O2. The number of hydrogen-bond donors (Lipinski definition) is 1. The Morgan fingerprint density at radius 2 is 2.10 bits per heavy atom. The summed E-state index contributed by atoms with van der Waals surface area (Å²) in [5, 5.41) is 11.6. The average molecular weight is 461 g/mol. The molecule has 2 aromatic rings. The van der Waals surface area contributed by atoms with Gasteiger partial charge >= 0.3 is 0 Å². The van der Waals surface area contributed by atoms with Crippen molar-refractivity contribution in [2.75, 3.05) is 5.32 Å². The fourth-order valence-corrected chi connectivity index (χ4v) is 2.17. The Balaban J connectivity index is 2.19. The van der Waals surface area contributed by atoms with E-state index < -0.39 is 11.7 Å². The lowest BCUT2D eigenvalue weighted by Gasteiger charge is -2.03. The third-order valence-electron chi connectivity index (χ3n) is 2.42. The molecule has 0 saturated carbocycles. The first-order chi connectivity index (χ1) is 9.99. The fourth-order valence-electron chi connectivity index (χ4n) is 1.46. The number of anilines is 1. The molecule has 4 nitrogen and oxygen atoms in total. The van der Waals surface area contributed by atoms with Gasteiger partial charge in [0.15, 0.2) is 3.77 Å². The lowest BCUT2D eigenvalue weighted by atomic mass is 10.2. The van der Waals surface area contributed by atoms with Crippen molar-refractivity contribution in [1.82, 2.24) is 0 Å². The predicted octanol–water partition coefficient (Wildman–Crippen LogP) is 4.33. The molecule has 0 aliphatic carbocycles. The van der Waals surface area contributed by atoms with Crippen LogP contribution in [0.4, 0.5) is 10.1 Å². The number of nitriles is 1. The SMILES string of the molecule is N#C/C(=C\c1cc(Br)c(I)o1)C(=O)Nc1ccc(F)cc1. The summed E-state index contributed by atoms with van der Waals surface area (Å²) < 4.78 is 19.5. The van der Waals surface area contributed by atoms with Gasteiger partial charge in [0.2, 0.25) is 0 Å². The maximum absolute atomic E-state index is 12.8. The van der Waals surface area contributed by atoms with Crippen LogP contribution in [0.15, 0.2) is 44.8 Å². The normalized spacial score (nSPS) is 11.0. The van der Waals surface area contributed by atoms with Crippen molar-refractivity contribution in [3.8, 4) is 6.07 Å². The van der Waals surface area contributed by atoms with Crippen LogP contribution in [0.5, 0.6) is 0 Å². The number of rotatable bonds is 3. The molecule has 0 aliphatic rings. The van der Waals surface area contributed by atoms with Crippen molar-refractivity contribution in [1.29, 1.82) is 5.26 Å². The molecule has 0 bridgehead atoms. The summed E-state index contributed by atoms with van der Waals surface area (Å²) in [6.07, 6.45) is 1.34. The van der Waals surface area contributed by atoms with Crippen molar-refractivity contribution < 1.29 is 13.6 Å². The largest absolute Gasteiger partial charge is 0.450 e. The van der Waals surface area contributed by atoms with Gasteiger partial charge in [-0.2, -0.15) is 5.26 Å². The molecular weight excluding hydrogens is 454 g/mol. The number of furan rings is 1. The topological polar surface area (TPSA) is 66.0 Å². The number of amides is 1. The summed E-state index contributed by atoms with van der Waals surface area (Å²) in [6, 6.07) is 8.73. The first-order valence-corrected chi connectivity index (χ1v) is 7.50. The Kier molecular flexibility index (Phi) is 5.14. The number of carbonyl (C=O) groups is 1. The minimum absolute atomic E-state index is 0.114. The Morgan fingerprint density at radius 3 is 2.62 bits per heavy atom. The van der Waals surface area contributed by atoms with Crippen LogP contribution in [0, 0.1) is 20.9 Å². The van der Waals surface area contributed by atoms with Crippen molar-refractivity contribution in [3.05, 3.63) is 55.7 Å². The summed E-state index contributed by atoms with van der Waals surface area (Å²) in [5.41, 5.74) is 0.287.